The molecule has 1 heterocycles. The Morgan fingerprint density at radius 2 is 1.74 bits per heavy atom. The minimum Gasteiger partial charge on any atom is -0.433 e. The molecule has 0 saturated heterocycles. The summed E-state index contributed by atoms with van der Waals surface area (Å²) in [5.74, 6) is -5.24. The van der Waals surface area contributed by atoms with E-state index in [1.807, 2.05) is 10.6 Å². The van der Waals surface area contributed by atoms with Gasteiger partial charge in [0.05, 0.1) is 10.6 Å². The molecule has 2 rings (SSSR count). The van der Waals surface area contributed by atoms with E-state index in [4.69, 9.17) is 5.73 Å². The molecule has 1 unspecified atom stereocenters. The highest BCUT2D eigenvalue weighted by Crippen LogP contribution is 2.54. The highest BCUT2D eigenvalue weighted by Gasteiger charge is 2.73. The molecule has 0 radical (unpaired) electrons. The Labute approximate surface area is 196 Å². The van der Waals surface area contributed by atoms with E-state index in [9.17, 15) is 54.4 Å². The number of rotatable bonds is 6. The fraction of sp³-hybridized carbons (Fsp3) is 0.312. The van der Waals surface area contributed by atoms with Gasteiger partial charge in [0.25, 0.3) is 5.91 Å². The number of hydrogen-bond donors (Lipinski definition) is 3. The van der Waals surface area contributed by atoms with Crippen molar-refractivity contribution in [2.45, 2.75) is 30.4 Å². The predicted molar refractivity (Wildman–Crippen MR) is 104 cm³/mol. The molecule has 0 spiro atoms. The number of hydrogen-bond acceptors (Lipinski definition) is 6. The molecular weight excluding hydrogens is 610 g/mol. The molecule has 34 heavy (non-hydrogen) atoms. The van der Waals surface area contributed by atoms with Gasteiger partial charge in [-0.1, -0.05) is 6.08 Å². The highest BCUT2D eigenvalue weighted by molar-refractivity contribution is 14.1. The van der Waals surface area contributed by atoms with Crippen LogP contribution in [0.2, 0.25) is 0 Å². The lowest BCUT2D eigenvalue weighted by Crippen LogP contribution is -2.59. The predicted octanol–water partition coefficient (Wildman–Crippen LogP) is 4.05. The molecule has 0 saturated carbocycles. The van der Waals surface area contributed by atoms with Crippen LogP contribution in [0.3, 0.4) is 0 Å². The molecule has 1 amide bonds. The fourth-order valence-corrected chi connectivity index (χ4v) is 3.32. The van der Waals surface area contributed by atoms with Gasteiger partial charge in [-0.15, -0.1) is 0 Å². The molecule has 1 aliphatic heterocycles. The standard InChI is InChI=1S/C16H10F9IN4O4/c17-12(18)34-9-5-6(14(19,15(20,21)22)16(23,24)25)4-7(26)10(9)28-11(31)8-2-1-3-13(27,29-8)30(32)33/h1-5,12,29H,27H2,(H,28,31). The van der Waals surface area contributed by atoms with Gasteiger partial charge in [-0.25, -0.2) is 10.1 Å². The lowest BCUT2D eigenvalue weighted by molar-refractivity contribution is -0.560. The van der Waals surface area contributed by atoms with E-state index in [0.717, 1.165) is 40.8 Å². The summed E-state index contributed by atoms with van der Waals surface area (Å²) in [6, 6.07) is -0.278. The number of nitrogens with one attached hydrogen (secondary N) is 2. The van der Waals surface area contributed by atoms with E-state index < -0.39 is 67.5 Å². The van der Waals surface area contributed by atoms with E-state index in [2.05, 4.69) is 4.74 Å². The number of amides is 1. The summed E-state index contributed by atoms with van der Waals surface area (Å²) in [6.07, 6.45) is -10.3. The second-order valence-corrected chi connectivity index (χ2v) is 7.63. The second kappa shape index (κ2) is 9.12. The summed E-state index contributed by atoms with van der Waals surface area (Å²) in [7, 11) is 0. The van der Waals surface area contributed by atoms with Gasteiger partial charge in [0.15, 0.2) is 5.75 Å². The Balaban J connectivity index is 2.57. The van der Waals surface area contributed by atoms with Gasteiger partial charge in [0.1, 0.15) is 5.70 Å². The molecule has 4 N–H and O–H groups in total. The normalized spacial score (nSPS) is 18.9. The van der Waals surface area contributed by atoms with E-state index in [1.54, 1.807) is 0 Å². The summed E-state index contributed by atoms with van der Waals surface area (Å²) in [5.41, 5.74) is -4.21. The largest absolute Gasteiger partial charge is 0.435 e. The van der Waals surface area contributed by atoms with Crippen molar-refractivity contribution < 1.29 is 54.0 Å². The van der Waals surface area contributed by atoms with Crippen LogP contribution in [0, 0.1) is 13.7 Å². The molecular formula is C16H10F9IN4O4. The Kier molecular flexibility index (Phi) is 7.37. The van der Waals surface area contributed by atoms with Crippen LogP contribution in [0.4, 0.5) is 45.2 Å². The average Bonchev–Trinajstić information content (AvgIpc) is 2.67. The number of nitro groups is 1. The summed E-state index contributed by atoms with van der Waals surface area (Å²) in [4.78, 5) is 22.4. The smallest absolute Gasteiger partial charge is 0.433 e. The van der Waals surface area contributed by atoms with Crippen LogP contribution in [0.15, 0.2) is 36.1 Å². The maximum atomic E-state index is 14.4. The van der Waals surface area contributed by atoms with Gasteiger partial charge in [-0.05, 0) is 40.8 Å². The topological polar surface area (TPSA) is 120 Å². The van der Waals surface area contributed by atoms with Crippen LogP contribution in [0.5, 0.6) is 5.75 Å². The minimum absolute atomic E-state index is 0.0162. The lowest BCUT2D eigenvalue weighted by atomic mass is 9.93. The monoisotopic (exact) mass is 620 g/mol. The number of dihydropyridines is 1. The van der Waals surface area contributed by atoms with Crippen molar-refractivity contribution >= 4 is 34.2 Å². The number of benzene rings is 1. The first kappa shape index (κ1) is 27.5. The number of ether oxygens (including phenoxy) is 1. The summed E-state index contributed by atoms with van der Waals surface area (Å²) < 4.78 is 122. The molecule has 0 aliphatic carbocycles. The molecule has 18 heteroatoms. The number of carbonyl (C=O) groups is 1. The van der Waals surface area contributed by atoms with Crippen molar-refractivity contribution in [3.8, 4) is 5.75 Å². The molecule has 8 nitrogen and oxygen atoms in total. The molecule has 1 atom stereocenters. The van der Waals surface area contributed by atoms with E-state index in [-0.39, 0.29) is 12.1 Å². The molecule has 0 fully saturated rings. The van der Waals surface area contributed by atoms with E-state index in [1.165, 1.54) is 0 Å². The Hall–Kier alpha value is -2.77. The summed E-state index contributed by atoms with van der Waals surface area (Å²) in [6.45, 7) is -3.81. The molecule has 0 bridgehead atoms. The molecule has 1 aliphatic rings. The van der Waals surface area contributed by atoms with Gasteiger partial charge in [0.2, 0.25) is 0 Å². The Bertz CT molecular complexity index is 1040. The van der Waals surface area contributed by atoms with Gasteiger partial charge in [-0.3, -0.25) is 20.2 Å². The second-order valence-electron chi connectivity index (χ2n) is 6.46. The number of carbonyl (C=O) groups excluding carboxylic acids is 1. The summed E-state index contributed by atoms with van der Waals surface area (Å²) >= 11 is 1.05. The van der Waals surface area contributed by atoms with Gasteiger partial charge in [-0.2, -0.15) is 35.1 Å². The van der Waals surface area contributed by atoms with Crippen LogP contribution >= 0.6 is 22.6 Å². The van der Waals surface area contributed by atoms with Crippen molar-refractivity contribution in [1.29, 1.82) is 0 Å². The first-order valence-electron chi connectivity index (χ1n) is 8.37. The number of halogens is 10. The quantitative estimate of drug-likeness (QED) is 0.145. The number of nitrogens with two attached hydrogens (primary N) is 1. The zero-order valence-electron chi connectivity index (χ0n) is 15.9. The van der Waals surface area contributed by atoms with Gasteiger partial charge < -0.3 is 10.1 Å². The fourth-order valence-electron chi connectivity index (χ4n) is 2.59. The zero-order valence-corrected chi connectivity index (χ0v) is 18.1. The van der Waals surface area contributed by atoms with Crippen LogP contribution < -0.4 is 21.1 Å². The van der Waals surface area contributed by atoms with Crippen LogP contribution in [-0.4, -0.2) is 35.6 Å². The van der Waals surface area contributed by atoms with Crippen molar-refractivity contribution in [2.24, 2.45) is 5.73 Å². The maximum absolute atomic E-state index is 14.4. The van der Waals surface area contributed by atoms with Crippen molar-refractivity contribution in [1.82, 2.24) is 5.32 Å². The van der Waals surface area contributed by atoms with Crippen molar-refractivity contribution in [3.05, 3.63) is 55.3 Å². The van der Waals surface area contributed by atoms with E-state index >= 15 is 0 Å². The molecule has 1 aromatic rings. The van der Waals surface area contributed by atoms with Crippen molar-refractivity contribution in [2.75, 3.05) is 5.32 Å². The molecule has 0 aromatic heterocycles. The zero-order chi connectivity index (χ0) is 26.3. The number of anilines is 1. The third-order valence-electron chi connectivity index (χ3n) is 4.18. The number of nitrogens with zero attached hydrogens (tertiary/aromatic N) is 1. The summed E-state index contributed by atoms with van der Waals surface area (Å²) in [5, 5.41) is 14.9. The number of allylic oxidation sites excluding steroid dienone is 2. The van der Waals surface area contributed by atoms with Gasteiger partial charge >= 0.3 is 30.4 Å². The Morgan fingerprint density at radius 1 is 1.18 bits per heavy atom. The first-order valence-corrected chi connectivity index (χ1v) is 9.45. The third-order valence-corrected chi connectivity index (χ3v) is 5.03. The van der Waals surface area contributed by atoms with Crippen LogP contribution in [0.1, 0.15) is 5.56 Å². The molecule has 1 aromatic carbocycles. The molecule has 188 valence electrons. The maximum Gasteiger partial charge on any atom is 0.435 e. The SMILES string of the molecule is NC1([N+](=O)[O-])C=CC=C(C(=O)Nc2c(I)cc(C(F)(C(F)(F)F)C(F)(F)F)cc2OC(F)F)N1. The van der Waals surface area contributed by atoms with Crippen LogP contribution in [0.25, 0.3) is 0 Å². The third kappa shape index (κ3) is 5.15. The average molecular weight is 620 g/mol. The van der Waals surface area contributed by atoms with E-state index in [0.29, 0.717) is 0 Å². The highest BCUT2D eigenvalue weighted by atomic mass is 127. The van der Waals surface area contributed by atoms with Crippen LogP contribution in [-0.2, 0) is 10.5 Å². The first-order chi connectivity index (χ1) is 15.3. The Morgan fingerprint density at radius 3 is 2.21 bits per heavy atom. The number of alkyl halides is 9. The minimum atomic E-state index is -6.54. The van der Waals surface area contributed by atoms with Gasteiger partial charge in [0, 0.05) is 15.2 Å². The van der Waals surface area contributed by atoms with Crippen molar-refractivity contribution in [3.63, 3.8) is 0 Å². The lowest BCUT2D eigenvalue weighted by Gasteiger charge is -2.31.